The van der Waals surface area contributed by atoms with Gasteiger partial charge in [0.05, 0.1) is 11.9 Å². The van der Waals surface area contributed by atoms with Gasteiger partial charge >= 0.3 is 0 Å². The molecular weight excluding hydrogens is 384 g/mol. The van der Waals surface area contributed by atoms with E-state index in [9.17, 15) is 14.7 Å². The van der Waals surface area contributed by atoms with Crippen LogP contribution in [0, 0.1) is 0 Å². The van der Waals surface area contributed by atoms with Crippen LogP contribution in [-0.4, -0.2) is 37.7 Å². The Morgan fingerprint density at radius 1 is 1.22 bits per heavy atom. The molecule has 1 aliphatic heterocycles. The van der Waals surface area contributed by atoms with E-state index < -0.39 is 5.91 Å². The minimum atomic E-state index is -0.657. The lowest BCUT2D eigenvalue weighted by molar-refractivity contribution is -0.122. The van der Waals surface area contributed by atoms with Crippen molar-refractivity contribution in [2.24, 2.45) is 0 Å². The van der Waals surface area contributed by atoms with Gasteiger partial charge in [-0.05, 0) is 31.4 Å². The first kappa shape index (κ1) is 19.6. The fourth-order valence-corrected chi connectivity index (χ4v) is 5.74. The zero-order valence-electron chi connectivity index (χ0n) is 14.8. The Balaban J connectivity index is 1.42. The minimum Gasteiger partial charge on any atom is -0.504 e. The SMILES string of the molecule is O=C(CCCCC1CCSS1)NNC(=O)c1nn(-c2ccccc2)cc1O. The Kier molecular flexibility index (Phi) is 7.05. The predicted octanol–water partition coefficient (Wildman–Crippen LogP) is 3.05. The molecule has 2 amide bonds. The largest absolute Gasteiger partial charge is 0.504 e. The fourth-order valence-electron chi connectivity index (χ4n) is 2.71. The molecule has 2 heterocycles. The molecule has 3 N–H and O–H groups in total. The fraction of sp³-hybridized carbons (Fsp3) is 0.389. The van der Waals surface area contributed by atoms with E-state index in [4.69, 9.17) is 0 Å². The topological polar surface area (TPSA) is 96.3 Å². The van der Waals surface area contributed by atoms with Crippen molar-refractivity contribution < 1.29 is 14.7 Å². The number of amides is 2. The molecule has 9 heteroatoms. The number of rotatable bonds is 7. The van der Waals surface area contributed by atoms with Crippen molar-refractivity contribution in [1.29, 1.82) is 0 Å². The van der Waals surface area contributed by atoms with Gasteiger partial charge < -0.3 is 5.11 Å². The van der Waals surface area contributed by atoms with Gasteiger partial charge in [0.2, 0.25) is 5.91 Å². The van der Waals surface area contributed by atoms with Crippen molar-refractivity contribution in [3.05, 3.63) is 42.2 Å². The molecular formula is C18H22N4O3S2. The first-order chi connectivity index (χ1) is 13.1. The first-order valence-corrected chi connectivity index (χ1v) is 11.2. The highest BCUT2D eigenvalue weighted by molar-refractivity contribution is 8.77. The Hall–Kier alpha value is -2.13. The van der Waals surface area contributed by atoms with Crippen LogP contribution in [-0.2, 0) is 4.79 Å². The van der Waals surface area contributed by atoms with E-state index in [1.807, 2.05) is 39.8 Å². The van der Waals surface area contributed by atoms with Crippen molar-refractivity contribution in [2.75, 3.05) is 5.75 Å². The van der Waals surface area contributed by atoms with Crippen molar-refractivity contribution in [3.8, 4) is 11.4 Å². The first-order valence-electron chi connectivity index (χ1n) is 8.85. The molecule has 1 saturated heterocycles. The summed E-state index contributed by atoms with van der Waals surface area (Å²) in [5.74, 6) is 0.0561. The molecule has 1 aromatic heterocycles. The lowest BCUT2D eigenvalue weighted by Gasteiger charge is -2.08. The van der Waals surface area contributed by atoms with Crippen LogP contribution in [0.15, 0.2) is 36.5 Å². The van der Waals surface area contributed by atoms with E-state index in [1.165, 1.54) is 23.1 Å². The summed E-state index contributed by atoms with van der Waals surface area (Å²) in [6.45, 7) is 0. The number of unbranched alkanes of at least 4 members (excludes halogenated alkanes) is 1. The minimum absolute atomic E-state index is 0.144. The average Bonchev–Trinajstić information content (AvgIpc) is 3.33. The number of nitrogens with zero attached hydrogens (tertiary/aromatic N) is 2. The summed E-state index contributed by atoms with van der Waals surface area (Å²) >= 11 is 0. The number of aromatic hydroxyl groups is 1. The number of para-hydroxylation sites is 1. The van der Waals surface area contributed by atoms with E-state index in [0.29, 0.717) is 11.7 Å². The summed E-state index contributed by atoms with van der Waals surface area (Å²) in [5.41, 5.74) is 5.26. The summed E-state index contributed by atoms with van der Waals surface area (Å²) in [7, 11) is 3.86. The highest BCUT2D eigenvalue weighted by Crippen LogP contribution is 2.39. The average molecular weight is 407 g/mol. The maximum Gasteiger partial charge on any atom is 0.294 e. The van der Waals surface area contributed by atoms with Gasteiger partial charge in [-0.3, -0.25) is 20.4 Å². The third kappa shape index (κ3) is 5.67. The molecule has 0 radical (unpaired) electrons. The van der Waals surface area contributed by atoms with E-state index in [-0.39, 0.29) is 17.4 Å². The molecule has 0 saturated carbocycles. The highest BCUT2D eigenvalue weighted by atomic mass is 33.1. The number of hydrogen-bond donors (Lipinski definition) is 3. The van der Waals surface area contributed by atoms with Gasteiger partial charge in [-0.1, -0.05) is 46.2 Å². The van der Waals surface area contributed by atoms with Gasteiger partial charge in [0, 0.05) is 17.4 Å². The van der Waals surface area contributed by atoms with Crippen LogP contribution >= 0.6 is 21.6 Å². The third-order valence-electron chi connectivity index (χ3n) is 4.15. The molecule has 0 spiro atoms. The van der Waals surface area contributed by atoms with Gasteiger partial charge in [0.25, 0.3) is 5.91 Å². The van der Waals surface area contributed by atoms with Crippen molar-refractivity contribution in [2.45, 2.75) is 37.4 Å². The lowest BCUT2D eigenvalue weighted by atomic mass is 10.1. The number of hydrogen-bond acceptors (Lipinski definition) is 6. The summed E-state index contributed by atoms with van der Waals surface area (Å²) in [6.07, 6.45) is 5.87. The standard InChI is InChI=1S/C18H22N4O3S2/c23-15-12-22(13-6-2-1-3-7-13)21-17(15)18(25)20-19-16(24)9-5-4-8-14-10-11-26-27-14/h1-3,6-7,12,14,23H,4-5,8-11H2,(H,19,24)(H,20,25). The molecule has 1 atom stereocenters. The molecule has 3 rings (SSSR count). The van der Waals surface area contributed by atoms with Crippen LogP contribution in [0.2, 0.25) is 0 Å². The van der Waals surface area contributed by atoms with E-state index >= 15 is 0 Å². The molecule has 1 aliphatic rings. The molecule has 7 nitrogen and oxygen atoms in total. The zero-order valence-corrected chi connectivity index (χ0v) is 16.4. The summed E-state index contributed by atoms with van der Waals surface area (Å²) in [4.78, 5) is 24.0. The molecule has 0 bridgehead atoms. The summed E-state index contributed by atoms with van der Waals surface area (Å²) < 4.78 is 1.41. The molecule has 0 aliphatic carbocycles. The molecule has 1 aromatic carbocycles. The van der Waals surface area contributed by atoms with Gasteiger partial charge in [-0.15, -0.1) is 0 Å². The van der Waals surface area contributed by atoms with Crippen LogP contribution in [0.5, 0.6) is 5.75 Å². The predicted molar refractivity (Wildman–Crippen MR) is 108 cm³/mol. The van der Waals surface area contributed by atoms with E-state index in [1.54, 1.807) is 12.1 Å². The number of aromatic nitrogens is 2. The Morgan fingerprint density at radius 3 is 2.78 bits per heavy atom. The summed E-state index contributed by atoms with van der Waals surface area (Å²) in [5, 5.41) is 14.7. The Morgan fingerprint density at radius 2 is 2.04 bits per heavy atom. The molecule has 1 unspecified atom stereocenters. The van der Waals surface area contributed by atoms with Crippen LogP contribution in [0.3, 0.4) is 0 Å². The highest BCUT2D eigenvalue weighted by Gasteiger charge is 2.18. The lowest BCUT2D eigenvalue weighted by Crippen LogP contribution is -2.41. The van der Waals surface area contributed by atoms with Crippen LogP contribution in [0.1, 0.15) is 42.6 Å². The van der Waals surface area contributed by atoms with Crippen molar-refractivity contribution >= 4 is 33.4 Å². The number of benzene rings is 1. The quantitative estimate of drug-likeness (QED) is 0.372. The van der Waals surface area contributed by atoms with Crippen LogP contribution in [0.25, 0.3) is 5.69 Å². The van der Waals surface area contributed by atoms with Crippen LogP contribution in [0.4, 0.5) is 0 Å². The van der Waals surface area contributed by atoms with E-state index in [0.717, 1.165) is 24.9 Å². The second kappa shape index (κ2) is 9.70. The summed E-state index contributed by atoms with van der Waals surface area (Å²) in [6, 6.07) is 9.13. The van der Waals surface area contributed by atoms with Crippen molar-refractivity contribution in [3.63, 3.8) is 0 Å². The van der Waals surface area contributed by atoms with Crippen molar-refractivity contribution in [1.82, 2.24) is 20.6 Å². The third-order valence-corrected chi connectivity index (χ3v) is 7.16. The Labute approximate surface area is 165 Å². The normalized spacial score (nSPS) is 16.2. The Bertz CT molecular complexity index is 776. The number of carbonyl (C=O) groups excluding carboxylic acids is 2. The maximum atomic E-state index is 12.2. The number of nitrogens with one attached hydrogen (secondary N) is 2. The number of carbonyl (C=O) groups is 2. The second-order valence-electron chi connectivity index (χ2n) is 6.22. The molecule has 144 valence electrons. The van der Waals surface area contributed by atoms with E-state index in [2.05, 4.69) is 16.0 Å². The van der Waals surface area contributed by atoms with Gasteiger partial charge in [0.15, 0.2) is 11.4 Å². The number of hydrazine groups is 1. The molecule has 27 heavy (non-hydrogen) atoms. The maximum absolute atomic E-state index is 12.2. The monoisotopic (exact) mass is 406 g/mol. The molecule has 1 fully saturated rings. The van der Waals surface area contributed by atoms with Gasteiger partial charge in [-0.25, -0.2) is 4.68 Å². The smallest absolute Gasteiger partial charge is 0.294 e. The van der Waals surface area contributed by atoms with Crippen LogP contribution < -0.4 is 10.9 Å². The van der Waals surface area contributed by atoms with Gasteiger partial charge in [-0.2, -0.15) is 5.10 Å². The molecule has 2 aromatic rings. The zero-order chi connectivity index (χ0) is 19.1. The second-order valence-corrected chi connectivity index (χ2v) is 9.01. The van der Waals surface area contributed by atoms with Gasteiger partial charge in [0.1, 0.15) is 0 Å².